The number of unbranched alkanes of at least 4 members (excludes halogenated alkanes) is 2. The third-order valence-corrected chi connectivity index (χ3v) is 2.71. The molecule has 0 aliphatic rings. The van der Waals surface area contributed by atoms with Gasteiger partial charge in [0, 0.05) is 19.3 Å². The number of nitrogen functional groups attached to an aromatic ring is 1. The molecule has 0 spiro atoms. The zero-order valence-electron chi connectivity index (χ0n) is 10.6. The minimum atomic E-state index is -0.363. The van der Waals surface area contributed by atoms with Crippen LogP contribution in [0.15, 0.2) is 15.8 Å². The first-order valence-corrected chi connectivity index (χ1v) is 6.21. The summed E-state index contributed by atoms with van der Waals surface area (Å²) >= 11 is 0. The second kappa shape index (κ2) is 6.27. The molecule has 5 heteroatoms. The van der Waals surface area contributed by atoms with Crippen molar-refractivity contribution in [3.05, 3.63) is 27.0 Å². The van der Waals surface area contributed by atoms with Crippen LogP contribution in [0.1, 0.15) is 39.5 Å². The van der Waals surface area contributed by atoms with Gasteiger partial charge in [-0.1, -0.05) is 26.7 Å². The maximum atomic E-state index is 12.0. The summed E-state index contributed by atoms with van der Waals surface area (Å²) in [6.45, 7) is 5.12. The third-order valence-electron chi connectivity index (χ3n) is 2.71. The molecule has 0 aromatic carbocycles. The Morgan fingerprint density at radius 3 is 2.41 bits per heavy atom. The topological polar surface area (TPSA) is 70.0 Å². The van der Waals surface area contributed by atoms with Crippen LogP contribution in [0.5, 0.6) is 0 Å². The van der Waals surface area contributed by atoms with E-state index < -0.39 is 0 Å². The van der Waals surface area contributed by atoms with Crippen molar-refractivity contribution >= 4 is 5.69 Å². The van der Waals surface area contributed by atoms with Crippen molar-refractivity contribution in [2.75, 3.05) is 5.73 Å². The highest BCUT2D eigenvalue weighted by atomic mass is 16.2. The normalized spacial score (nSPS) is 10.7. The van der Waals surface area contributed by atoms with Gasteiger partial charge in [-0.3, -0.25) is 13.9 Å². The molecule has 0 aliphatic carbocycles. The molecule has 0 radical (unpaired) electrons. The van der Waals surface area contributed by atoms with Gasteiger partial charge in [0.15, 0.2) is 0 Å². The molecule has 1 heterocycles. The molecule has 0 amide bonds. The molecule has 2 N–H and O–H groups in total. The van der Waals surface area contributed by atoms with Crippen LogP contribution >= 0.6 is 0 Å². The summed E-state index contributed by atoms with van der Waals surface area (Å²) in [5.41, 5.74) is 5.17. The third kappa shape index (κ3) is 3.22. The number of nitrogens with zero attached hydrogens (tertiary/aromatic N) is 2. The molecular weight excluding hydrogens is 218 g/mol. The predicted octanol–water partition coefficient (Wildman–Crippen LogP) is 1.19. The van der Waals surface area contributed by atoms with Crippen molar-refractivity contribution in [1.29, 1.82) is 0 Å². The molecule has 0 saturated carbocycles. The van der Waals surface area contributed by atoms with Crippen LogP contribution in [-0.2, 0) is 13.1 Å². The van der Waals surface area contributed by atoms with Gasteiger partial charge in [0.05, 0.1) is 0 Å². The van der Waals surface area contributed by atoms with E-state index in [1.54, 1.807) is 0 Å². The maximum Gasteiger partial charge on any atom is 0.331 e. The molecule has 5 nitrogen and oxygen atoms in total. The van der Waals surface area contributed by atoms with Crippen molar-refractivity contribution < 1.29 is 0 Å². The molecular formula is C12H21N3O2. The Bertz CT molecular complexity index is 474. The van der Waals surface area contributed by atoms with Gasteiger partial charge in [-0.05, 0) is 12.8 Å². The van der Waals surface area contributed by atoms with E-state index in [-0.39, 0.29) is 16.9 Å². The average Bonchev–Trinajstić information content (AvgIpc) is 2.31. The summed E-state index contributed by atoms with van der Waals surface area (Å²) in [6.07, 6.45) is 5.19. The molecule has 96 valence electrons. The second-order valence-electron chi connectivity index (χ2n) is 4.22. The van der Waals surface area contributed by atoms with Crippen LogP contribution in [0.2, 0.25) is 0 Å². The van der Waals surface area contributed by atoms with Gasteiger partial charge in [0.25, 0.3) is 5.56 Å². The first kappa shape index (κ1) is 13.5. The van der Waals surface area contributed by atoms with Crippen molar-refractivity contribution in [3.63, 3.8) is 0 Å². The largest absolute Gasteiger partial charge is 0.393 e. The summed E-state index contributed by atoms with van der Waals surface area (Å²) in [4.78, 5) is 23.8. The summed E-state index contributed by atoms with van der Waals surface area (Å²) in [6, 6.07) is 0. The second-order valence-corrected chi connectivity index (χ2v) is 4.22. The van der Waals surface area contributed by atoms with Crippen LogP contribution in [0.3, 0.4) is 0 Å². The number of hydrogen-bond acceptors (Lipinski definition) is 3. The summed E-state index contributed by atoms with van der Waals surface area (Å²) < 4.78 is 2.77. The molecule has 0 aliphatic heterocycles. The molecule has 0 saturated heterocycles. The minimum absolute atomic E-state index is 0.148. The summed E-state index contributed by atoms with van der Waals surface area (Å²) in [7, 11) is 0. The van der Waals surface area contributed by atoms with Gasteiger partial charge < -0.3 is 5.73 Å². The van der Waals surface area contributed by atoms with Gasteiger partial charge in [0.2, 0.25) is 0 Å². The Kier molecular flexibility index (Phi) is 5.00. The van der Waals surface area contributed by atoms with E-state index in [0.717, 1.165) is 25.7 Å². The smallest absolute Gasteiger partial charge is 0.331 e. The number of aromatic nitrogens is 2. The van der Waals surface area contributed by atoms with E-state index in [2.05, 4.69) is 6.92 Å². The van der Waals surface area contributed by atoms with E-state index in [9.17, 15) is 9.59 Å². The zero-order chi connectivity index (χ0) is 12.8. The van der Waals surface area contributed by atoms with E-state index in [1.165, 1.54) is 15.3 Å². The highest BCUT2D eigenvalue weighted by Crippen LogP contribution is 1.97. The van der Waals surface area contributed by atoms with Gasteiger partial charge in [0.1, 0.15) is 5.69 Å². The first-order chi connectivity index (χ1) is 8.11. The monoisotopic (exact) mass is 239 g/mol. The van der Waals surface area contributed by atoms with Crippen molar-refractivity contribution in [1.82, 2.24) is 9.13 Å². The van der Waals surface area contributed by atoms with E-state index in [1.807, 2.05) is 6.92 Å². The summed E-state index contributed by atoms with van der Waals surface area (Å²) in [5, 5.41) is 0. The van der Waals surface area contributed by atoms with Crippen LogP contribution in [0.4, 0.5) is 5.69 Å². The van der Waals surface area contributed by atoms with Gasteiger partial charge in [-0.25, -0.2) is 4.79 Å². The molecule has 1 rings (SSSR count). The summed E-state index contributed by atoms with van der Waals surface area (Å²) in [5.74, 6) is 0. The molecule has 0 atom stereocenters. The SMILES string of the molecule is CCCCCn1c(=O)c(N)cn(CCC)c1=O. The quantitative estimate of drug-likeness (QED) is 0.758. The van der Waals surface area contributed by atoms with Crippen LogP contribution < -0.4 is 17.0 Å². The molecule has 17 heavy (non-hydrogen) atoms. The van der Waals surface area contributed by atoms with E-state index in [0.29, 0.717) is 13.1 Å². The van der Waals surface area contributed by atoms with Gasteiger partial charge in [-0.15, -0.1) is 0 Å². The number of hydrogen-bond donors (Lipinski definition) is 1. The van der Waals surface area contributed by atoms with Crippen LogP contribution in [0, 0.1) is 0 Å². The minimum Gasteiger partial charge on any atom is -0.393 e. The number of anilines is 1. The lowest BCUT2D eigenvalue weighted by atomic mass is 10.2. The Morgan fingerprint density at radius 1 is 1.12 bits per heavy atom. The van der Waals surface area contributed by atoms with Crippen molar-refractivity contribution in [2.24, 2.45) is 0 Å². The lowest BCUT2D eigenvalue weighted by Crippen LogP contribution is -2.40. The maximum absolute atomic E-state index is 12.0. The standard InChI is InChI=1S/C12H21N3O2/c1-3-5-6-8-15-11(16)10(13)9-14(7-4-2)12(15)17/h9H,3-8,13H2,1-2H3. The molecule has 0 unspecified atom stereocenters. The fraction of sp³-hybridized carbons (Fsp3) is 0.667. The van der Waals surface area contributed by atoms with Gasteiger partial charge >= 0.3 is 5.69 Å². The molecule has 1 aromatic rings. The fourth-order valence-electron chi connectivity index (χ4n) is 1.79. The van der Waals surface area contributed by atoms with E-state index in [4.69, 9.17) is 5.73 Å². The van der Waals surface area contributed by atoms with E-state index >= 15 is 0 Å². The predicted molar refractivity (Wildman–Crippen MR) is 69.2 cm³/mol. The van der Waals surface area contributed by atoms with Gasteiger partial charge in [-0.2, -0.15) is 0 Å². The molecule has 0 bridgehead atoms. The fourth-order valence-corrected chi connectivity index (χ4v) is 1.79. The van der Waals surface area contributed by atoms with Crippen LogP contribution in [-0.4, -0.2) is 9.13 Å². The highest BCUT2D eigenvalue weighted by molar-refractivity contribution is 5.30. The molecule has 1 aromatic heterocycles. The van der Waals surface area contributed by atoms with Crippen molar-refractivity contribution in [2.45, 2.75) is 52.6 Å². The van der Waals surface area contributed by atoms with Crippen molar-refractivity contribution in [3.8, 4) is 0 Å². The first-order valence-electron chi connectivity index (χ1n) is 6.21. The van der Waals surface area contributed by atoms with Crippen LogP contribution in [0.25, 0.3) is 0 Å². The Morgan fingerprint density at radius 2 is 1.82 bits per heavy atom. The lowest BCUT2D eigenvalue weighted by molar-refractivity contribution is 0.519. The zero-order valence-corrected chi connectivity index (χ0v) is 10.6. The Hall–Kier alpha value is -1.52. The molecule has 0 fully saturated rings. The number of nitrogens with two attached hydrogens (primary N) is 1. The number of aryl methyl sites for hydroxylation is 1. The Labute approximate surface area is 101 Å². The average molecular weight is 239 g/mol. The Balaban J connectivity index is 3.09. The highest BCUT2D eigenvalue weighted by Gasteiger charge is 2.08. The lowest BCUT2D eigenvalue weighted by Gasteiger charge is -2.10. The number of rotatable bonds is 6.